The molecule has 114 valence electrons. The molecule has 0 spiro atoms. The molecule has 1 aliphatic rings. The number of hydrogen-bond donors (Lipinski definition) is 1. The Labute approximate surface area is 124 Å². The molecule has 0 bridgehead atoms. The van der Waals surface area contributed by atoms with Gasteiger partial charge >= 0.3 is 6.18 Å². The van der Waals surface area contributed by atoms with Crippen molar-refractivity contribution in [2.75, 3.05) is 12.4 Å². The molecule has 2 aromatic carbocycles. The summed E-state index contributed by atoms with van der Waals surface area (Å²) in [6.45, 7) is 0. The lowest BCUT2D eigenvalue weighted by molar-refractivity contribution is -0.137. The summed E-state index contributed by atoms with van der Waals surface area (Å²) in [6.07, 6.45) is -4.31. The van der Waals surface area contributed by atoms with Crippen molar-refractivity contribution in [2.24, 2.45) is 0 Å². The fourth-order valence-corrected chi connectivity index (χ4v) is 2.53. The first-order chi connectivity index (χ1) is 10.4. The Bertz CT molecular complexity index is 754. The summed E-state index contributed by atoms with van der Waals surface area (Å²) in [5, 5.41) is 2.66. The normalized spacial score (nSPS) is 13.7. The molecular weight excluding hydrogens is 295 g/mol. The molecule has 6 heteroatoms. The van der Waals surface area contributed by atoms with Crippen molar-refractivity contribution in [3.05, 3.63) is 47.5 Å². The number of benzene rings is 2. The van der Waals surface area contributed by atoms with E-state index in [0.29, 0.717) is 16.8 Å². The number of hydrogen-bond acceptors (Lipinski definition) is 2. The Morgan fingerprint density at radius 1 is 1.14 bits per heavy atom. The average Bonchev–Trinajstić information content (AvgIpc) is 2.84. The van der Waals surface area contributed by atoms with Crippen LogP contribution in [0.1, 0.15) is 11.1 Å². The van der Waals surface area contributed by atoms with Gasteiger partial charge in [-0.15, -0.1) is 0 Å². The number of anilines is 1. The first-order valence-corrected chi connectivity index (χ1v) is 6.57. The Kier molecular flexibility index (Phi) is 3.31. The van der Waals surface area contributed by atoms with Crippen LogP contribution in [0.3, 0.4) is 0 Å². The second-order valence-electron chi connectivity index (χ2n) is 5.01. The number of halogens is 3. The number of carbonyl (C=O) groups excluding carboxylic acids is 1. The molecule has 22 heavy (non-hydrogen) atoms. The molecular formula is C16H12F3NO2. The quantitative estimate of drug-likeness (QED) is 0.914. The number of carbonyl (C=O) groups is 1. The summed E-state index contributed by atoms with van der Waals surface area (Å²) in [5.74, 6) is -0.00740. The average molecular weight is 307 g/mol. The minimum atomic E-state index is -4.49. The number of nitrogens with one attached hydrogen (secondary N) is 1. The molecule has 0 unspecified atom stereocenters. The van der Waals surface area contributed by atoms with Crippen molar-refractivity contribution in [3.8, 4) is 16.9 Å². The van der Waals surface area contributed by atoms with E-state index in [9.17, 15) is 18.0 Å². The molecule has 0 aliphatic carbocycles. The highest BCUT2D eigenvalue weighted by Gasteiger charge is 2.34. The van der Waals surface area contributed by atoms with Gasteiger partial charge in [0.15, 0.2) is 0 Å². The van der Waals surface area contributed by atoms with E-state index in [2.05, 4.69) is 5.32 Å². The van der Waals surface area contributed by atoms with Gasteiger partial charge in [-0.3, -0.25) is 4.79 Å². The van der Waals surface area contributed by atoms with E-state index in [1.807, 2.05) is 0 Å². The Morgan fingerprint density at radius 3 is 2.59 bits per heavy atom. The van der Waals surface area contributed by atoms with Gasteiger partial charge in [-0.2, -0.15) is 13.2 Å². The van der Waals surface area contributed by atoms with Crippen molar-refractivity contribution in [1.29, 1.82) is 0 Å². The molecule has 0 saturated heterocycles. The number of rotatable bonds is 2. The number of methoxy groups -OCH3 is 1. The first-order valence-electron chi connectivity index (χ1n) is 6.57. The zero-order valence-corrected chi connectivity index (χ0v) is 11.6. The Hall–Kier alpha value is -2.50. The van der Waals surface area contributed by atoms with Gasteiger partial charge < -0.3 is 10.1 Å². The Morgan fingerprint density at radius 2 is 1.91 bits per heavy atom. The van der Waals surface area contributed by atoms with Gasteiger partial charge in [-0.25, -0.2) is 0 Å². The standard InChI is InChI=1S/C16H12F3NO2/c1-22-11-3-4-12(13(8-11)16(17,18)19)9-2-5-14-10(6-9)7-15(21)20-14/h2-6,8H,7H2,1H3,(H,20,21). The fourth-order valence-electron chi connectivity index (χ4n) is 2.53. The summed E-state index contributed by atoms with van der Waals surface area (Å²) in [4.78, 5) is 11.3. The van der Waals surface area contributed by atoms with E-state index in [1.165, 1.54) is 19.2 Å². The van der Waals surface area contributed by atoms with E-state index in [-0.39, 0.29) is 23.6 Å². The number of amides is 1. The smallest absolute Gasteiger partial charge is 0.417 e. The number of alkyl halides is 3. The molecule has 2 aromatic rings. The third-order valence-corrected chi connectivity index (χ3v) is 3.57. The number of ether oxygens (including phenoxy) is 1. The summed E-state index contributed by atoms with van der Waals surface area (Å²) >= 11 is 0. The van der Waals surface area contributed by atoms with Crippen LogP contribution in [0.15, 0.2) is 36.4 Å². The van der Waals surface area contributed by atoms with Crippen LogP contribution in [0.5, 0.6) is 5.75 Å². The molecule has 0 radical (unpaired) electrons. The van der Waals surface area contributed by atoms with E-state index in [1.54, 1.807) is 18.2 Å². The molecule has 1 N–H and O–H groups in total. The molecule has 3 rings (SSSR count). The topological polar surface area (TPSA) is 38.3 Å². The van der Waals surface area contributed by atoms with Crippen LogP contribution >= 0.6 is 0 Å². The highest BCUT2D eigenvalue weighted by Crippen LogP contribution is 2.40. The predicted molar refractivity (Wildman–Crippen MR) is 75.8 cm³/mol. The lowest BCUT2D eigenvalue weighted by Crippen LogP contribution is -2.07. The zero-order chi connectivity index (χ0) is 15.9. The maximum atomic E-state index is 13.3. The van der Waals surface area contributed by atoms with E-state index in [4.69, 9.17) is 4.74 Å². The van der Waals surface area contributed by atoms with Gasteiger partial charge in [0.25, 0.3) is 0 Å². The summed E-state index contributed by atoms with van der Waals surface area (Å²) in [6, 6.07) is 8.66. The molecule has 1 amide bonds. The van der Waals surface area contributed by atoms with Crippen LogP contribution in [0.2, 0.25) is 0 Å². The lowest BCUT2D eigenvalue weighted by Gasteiger charge is -2.15. The highest BCUT2D eigenvalue weighted by molar-refractivity contribution is 5.99. The predicted octanol–water partition coefficient (Wildman–Crippen LogP) is 3.88. The SMILES string of the molecule is COc1ccc(-c2ccc3c(c2)CC(=O)N3)c(C(F)(F)F)c1. The molecule has 1 aliphatic heterocycles. The van der Waals surface area contributed by atoms with Gasteiger partial charge in [-0.05, 0) is 41.0 Å². The zero-order valence-electron chi connectivity index (χ0n) is 11.6. The maximum absolute atomic E-state index is 13.3. The van der Waals surface area contributed by atoms with Crippen LogP contribution in [-0.4, -0.2) is 13.0 Å². The van der Waals surface area contributed by atoms with Crippen LogP contribution in [-0.2, 0) is 17.4 Å². The second kappa shape index (κ2) is 5.05. The van der Waals surface area contributed by atoms with Gasteiger partial charge in [0.2, 0.25) is 5.91 Å². The van der Waals surface area contributed by atoms with Crippen LogP contribution in [0, 0.1) is 0 Å². The minimum Gasteiger partial charge on any atom is -0.497 e. The highest BCUT2D eigenvalue weighted by atomic mass is 19.4. The van der Waals surface area contributed by atoms with Crippen molar-refractivity contribution in [1.82, 2.24) is 0 Å². The van der Waals surface area contributed by atoms with Crippen molar-refractivity contribution in [3.63, 3.8) is 0 Å². The summed E-state index contributed by atoms with van der Waals surface area (Å²) < 4.78 is 44.7. The lowest BCUT2D eigenvalue weighted by atomic mass is 9.96. The van der Waals surface area contributed by atoms with Crippen LogP contribution < -0.4 is 10.1 Å². The fraction of sp³-hybridized carbons (Fsp3) is 0.188. The van der Waals surface area contributed by atoms with E-state index in [0.717, 1.165) is 6.07 Å². The van der Waals surface area contributed by atoms with Gasteiger partial charge in [-0.1, -0.05) is 12.1 Å². The third-order valence-electron chi connectivity index (χ3n) is 3.57. The van der Waals surface area contributed by atoms with Crippen molar-refractivity contribution >= 4 is 11.6 Å². The van der Waals surface area contributed by atoms with E-state index >= 15 is 0 Å². The molecule has 3 nitrogen and oxygen atoms in total. The molecule has 0 aromatic heterocycles. The summed E-state index contributed by atoms with van der Waals surface area (Å²) in [7, 11) is 1.32. The molecule has 0 saturated carbocycles. The largest absolute Gasteiger partial charge is 0.497 e. The summed E-state index contributed by atoms with van der Waals surface area (Å²) in [5.41, 5.74) is 1.08. The van der Waals surface area contributed by atoms with Gasteiger partial charge in [0, 0.05) is 5.69 Å². The third kappa shape index (κ3) is 2.52. The van der Waals surface area contributed by atoms with E-state index < -0.39 is 11.7 Å². The molecule has 0 fully saturated rings. The van der Waals surface area contributed by atoms with Crippen LogP contribution in [0.4, 0.5) is 18.9 Å². The van der Waals surface area contributed by atoms with Gasteiger partial charge in [0.1, 0.15) is 5.75 Å². The maximum Gasteiger partial charge on any atom is 0.417 e. The molecule has 1 heterocycles. The first kappa shape index (κ1) is 14.4. The monoisotopic (exact) mass is 307 g/mol. The minimum absolute atomic E-state index is 0.0652. The molecule has 0 atom stereocenters. The van der Waals surface area contributed by atoms with Crippen molar-refractivity contribution < 1.29 is 22.7 Å². The van der Waals surface area contributed by atoms with Gasteiger partial charge in [0.05, 0.1) is 19.1 Å². The Balaban J connectivity index is 2.13. The van der Waals surface area contributed by atoms with Crippen molar-refractivity contribution in [2.45, 2.75) is 12.6 Å². The second-order valence-corrected chi connectivity index (χ2v) is 5.01. The van der Waals surface area contributed by atoms with Crippen LogP contribution in [0.25, 0.3) is 11.1 Å². The number of fused-ring (bicyclic) bond motifs is 1.